The van der Waals surface area contributed by atoms with E-state index in [1.807, 2.05) is 6.07 Å². The maximum atomic E-state index is 14.3. The van der Waals surface area contributed by atoms with Gasteiger partial charge in [-0.3, -0.25) is 9.59 Å². The lowest BCUT2D eigenvalue weighted by atomic mass is 9.54. The summed E-state index contributed by atoms with van der Waals surface area (Å²) in [6.07, 6.45) is 5.48. The molecule has 4 heteroatoms. The van der Waals surface area contributed by atoms with Crippen molar-refractivity contribution in [1.82, 2.24) is 5.32 Å². The Hall–Kier alpha value is -1.71. The minimum absolute atomic E-state index is 0.0504. The fraction of sp³-hybridized carbons (Fsp3) is 0.636. The van der Waals surface area contributed by atoms with Gasteiger partial charge in [-0.25, -0.2) is 4.39 Å². The molecule has 140 valence electrons. The number of hydrogen-bond acceptors (Lipinski definition) is 2. The number of fused-ring (bicyclic) bond motifs is 5. The molecule has 5 atom stereocenters. The molecule has 1 aromatic carbocycles. The Morgan fingerprint density at radius 3 is 2.92 bits per heavy atom. The van der Waals surface area contributed by atoms with Crippen LogP contribution in [0.1, 0.15) is 62.5 Å². The SMILES string of the molecule is CNC(=O)CC[C@@H]1CC(=O)[C@@]2(C)CCC3c4cccc(F)c4CCC3C12. The van der Waals surface area contributed by atoms with Gasteiger partial charge in [0.1, 0.15) is 11.6 Å². The third kappa shape index (κ3) is 2.60. The fourth-order valence-corrected chi connectivity index (χ4v) is 6.34. The topological polar surface area (TPSA) is 46.2 Å². The fourth-order valence-electron chi connectivity index (χ4n) is 6.34. The Kier molecular flexibility index (Phi) is 4.40. The van der Waals surface area contributed by atoms with Crippen LogP contribution in [0.5, 0.6) is 0 Å². The molecule has 1 amide bonds. The summed E-state index contributed by atoms with van der Waals surface area (Å²) >= 11 is 0. The first-order valence-corrected chi connectivity index (χ1v) is 9.97. The highest BCUT2D eigenvalue weighted by atomic mass is 19.1. The Balaban J connectivity index is 1.65. The number of amides is 1. The molecule has 1 N–H and O–H groups in total. The quantitative estimate of drug-likeness (QED) is 0.889. The van der Waals surface area contributed by atoms with Crippen molar-refractivity contribution in [2.75, 3.05) is 7.05 Å². The average molecular weight is 357 g/mol. The highest BCUT2D eigenvalue weighted by Crippen LogP contribution is 2.62. The Bertz CT molecular complexity index is 746. The van der Waals surface area contributed by atoms with Gasteiger partial charge < -0.3 is 5.32 Å². The van der Waals surface area contributed by atoms with Gasteiger partial charge >= 0.3 is 0 Å². The lowest BCUT2D eigenvalue weighted by Gasteiger charge is -2.50. The summed E-state index contributed by atoms with van der Waals surface area (Å²) in [5, 5.41) is 2.69. The average Bonchev–Trinajstić information content (AvgIpc) is 2.90. The summed E-state index contributed by atoms with van der Waals surface area (Å²) in [5.41, 5.74) is 1.82. The molecule has 3 nitrogen and oxygen atoms in total. The number of ketones is 1. The predicted octanol–water partition coefficient (Wildman–Crippen LogP) is 4.00. The number of halogens is 1. The van der Waals surface area contributed by atoms with E-state index in [0.717, 1.165) is 37.7 Å². The van der Waals surface area contributed by atoms with Crippen molar-refractivity contribution >= 4 is 11.7 Å². The van der Waals surface area contributed by atoms with E-state index in [9.17, 15) is 14.0 Å². The van der Waals surface area contributed by atoms with E-state index < -0.39 is 0 Å². The van der Waals surface area contributed by atoms with E-state index in [4.69, 9.17) is 0 Å². The molecule has 3 aliphatic rings. The van der Waals surface area contributed by atoms with Crippen molar-refractivity contribution < 1.29 is 14.0 Å². The Morgan fingerprint density at radius 1 is 1.35 bits per heavy atom. The van der Waals surface area contributed by atoms with Gasteiger partial charge in [0, 0.05) is 25.3 Å². The molecule has 2 fully saturated rings. The summed E-state index contributed by atoms with van der Waals surface area (Å²) in [4.78, 5) is 24.6. The molecule has 0 spiro atoms. The summed E-state index contributed by atoms with van der Waals surface area (Å²) in [7, 11) is 1.66. The van der Waals surface area contributed by atoms with E-state index in [0.29, 0.717) is 36.4 Å². The van der Waals surface area contributed by atoms with Gasteiger partial charge in [-0.2, -0.15) is 0 Å². The number of hydrogen-bond donors (Lipinski definition) is 1. The molecular weight excluding hydrogens is 329 g/mol. The minimum atomic E-state index is -0.251. The zero-order valence-corrected chi connectivity index (χ0v) is 15.7. The first kappa shape index (κ1) is 17.7. The maximum absolute atomic E-state index is 14.3. The molecular formula is C22H28FNO2. The van der Waals surface area contributed by atoms with E-state index in [1.54, 1.807) is 13.1 Å². The minimum Gasteiger partial charge on any atom is -0.359 e. The first-order valence-electron chi connectivity index (χ1n) is 9.97. The summed E-state index contributed by atoms with van der Waals surface area (Å²) in [6, 6.07) is 5.48. The van der Waals surface area contributed by atoms with Crippen molar-refractivity contribution in [2.24, 2.45) is 23.2 Å². The van der Waals surface area contributed by atoms with Crippen LogP contribution < -0.4 is 5.32 Å². The monoisotopic (exact) mass is 357 g/mol. The maximum Gasteiger partial charge on any atom is 0.219 e. The highest BCUT2D eigenvalue weighted by Gasteiger charge is 2.58. The Morgan fingerprint density at radius 2 is 2.15 bits per heavy atom. The standard InChI is InChI=1S/C22H28FNO2/c1-22-11-10-15-14-4-3-5-18(23)16(14)7-8-17(15)21(22)13(12-19(22)25)6-9-20(26)24-2/h3-5,13,15,17,21H,6-12H2,1-2H3,(H,24,26)/t13-,15?,17?,21?,22-/m1/s1. The van der Waals surface area contributed by atoms with Crippen LogP contribution in [0, 0.1) is 29.0 Å². The second-order valence-electron chi connectivity index (χ2n) is 8.70. The van der Waals surface area contributed by atoms with Crippen LogP contribution in [0.3, 0.4) is 0 Å². The number of benzene rings is 1. The molecule has 0 aliphatic heterocycles. The van der Waals surface area contributed by atoms with Gasteiger partial charge in [-0.05, 0) is 73.0 Å². The molecule has 0 bridgehead atoms. The van der Waals surface area contributed by atoms with Crippen molar-refractivity contribution in [2.45, 2.75) is 57.8 Å². The number of rotatable bonds is 3. The number of carbonyl (C=O) groups is 2. The second-order valence-corrected chi connectivity index (χ2v) is 8.70. The molecule has 1 aromatic rings. The van der Waals surface area contributed by atoms with Gasteiger partial charge in [0.25, 0.3) is 0 Å². The van der Waals surface area contributed by atoms with Crippen LogP contribution in [0.4, 0.5) is 4.39 Å². The van der Waals surface area contributed by atoms with Crippen molar-refractivity contribution in [3.8, 4) is 0 Å². The smallest absolute Gasteiger partial charge is 0.219 e. The predicted molar refractivity (Wildman–Crippen MR) is 98.2 cm³/mol. The van der Waals surface area contributed by atoms with Crippen LogP contribution >= 0.6 is 0 Å². The Labute approximate surface area is 154 Å². The molecule has 0 saturated heterocycles. The van der Waals surface area contributed by atoms with Crippen LogP contribution in [0.15, 0.2) is 18.2 Å². The summed E-state index contributed by atoms with van der Waals surface area (Å²) in [5.74, 6) is 1.77. The van der Waals surface area contributed by atoms with Crippen LogP contribution in [0.25, 0.3) is 0 Å². The second kappa shape index (κ2) is 6.47. The normalized spacial score (nSPS) is 35.4. The lowest BCUT2D eigenvalue weighted by molar-refractivity contribution is -0.129. The number of Topliss-reactive ketones (excluding diaryl/α,β-unsaturated/α-hetero) is 1. The molecule has 0 aromatic heterocycles. The largest absolute Gasteiger partial charge is 0.359 e. The van der Waals surface area contributed by atoms with E-state index >= 15 is 0 Å². The molecule has 26 heavy (non-hydrogen) atoms. The zero-order valence-electron chi connectivity index (χ0n) is 15.7. The first-order chi connectivity index (χ1) is 12.5. The van der Waals surface area contributed by atoms with Crippen molar-refractivity contribution in [3.63, 3.8) is 0 Å². The van der Waals surface area contributed by atoms with Crippen molar-refractivity contribution in [3.05, 3.63) is 35.1 Å². The van der Waals surface area contributed by atoms with E-state index in [2.05, 4.69) is 18.3 Å². The van der Waals surface area contributed by atoms with Gasteiger partial charge in [0.15, 0.2) is 0 Å². The van der Waals surface area contributed by atoms with Crippen LogP contribution in [-0.2, 0) is 16.0 Å². The van der Waals surface area contributed by atoms with Crippen LogP contribution in [0.2, 0.25) is 0 Å². The van der Waals surface area contributed by atoms with Gasteiger partial charge in [0.05, 0.1) is 0 Å². The molecule has 0 heterocycles. The van der Waals surface area contributed by atoms with E-state index in [-0.39, 0.29) is 23.1 Å². The van der Waals surface area contributed by atoms with Gasteiger partial charge in [-0.1, -0.05) is 19.1 Å². The zero-order chi connectivity index (χ0) is 18.5. The summed E-state index contributed by atoms with van der Waals surface area (Å²) in [6.45, 7) is 2.15. The number of carbonyl (C=O) groups excluding carboxylic acids is 2. The molecule has 4 rings (SSSR count). The van der Waals surface area contributed by atoms with Crippen molar-refractivity contribution in [1.29, 1.82) is 0 Å². The van der Waals surface area contributed by atoms with Gasteiger partial charge in [-0.15, -0.1) is 0 Å². The lowest BCUT2D eigenvalue weighted by Crippen LogP contribution is -2.44. The van der Waals surface area contributed by atoms with Gasteiger partial charge in [0.2, 0.25) is 5.91 Å². The third-order valence-corrected chi connectivity index (χ3v) is 7.58. The molecule has 3 unspecified atom stereocenters. The molecule has 2 saturated carbocycles. The molecule has 0 radical (unpaired) electrons. The third-order valence-electron chi connectivity index (χ3n) is 7.58. The highest BCUT2D eigenvalue weighted by molar-refractivity contribution is 5.88. The molecule has 3 aliphatic carbocycles. The van der Waals surface area contributed by atoms with Crippen LogP contribution in [-0.4, -0.2) is 18.7 Å². The summed E-state index contributed by atoms with van der Waals surface area (Å²) < 4.78 is 14.3. The number of nitrogens with one attached hydrogen (secondary N) is 1. The van der Waals surface area contributed by atoms with E-state index in [1.165, 1.54) is 5.56 Å².